The van der Waals surface area contributed by atoms with Crippen LogP contribution in [-0.4, -0.2) is 18.0 Å². The van der Waals surface area contributed by atoms with Gasteiger partial charge in [-0.3, -0.25) is 4.79 Å². The normalized spacial score (nSPS) is 11.8. The van der Waals surface area contributed by atoms with Gasteiger partial charge in [0.1, 0.15) is 10.4 Å². The van der Waals surface area contributed by atoms with Crippen molar-refractivity contribution in [1.82, 2.24) is 10.3 Å². The Labute approximate surface area is 126 Å². The number of benzene rings is 1. The third-order valence-corrected chi connectivity index (χ3v) is 3.38. The molecule has 0 aliphatic heterocycles. The highest BCUT2D eigenvalue weighted by molar-refractivity contribution is 9.10. The first kappa shape index (κ1) is 14.5. The maximum atomic E-state index is 12.2. The van der Waals surface area contributed by atoms with Crippen LogP contribution in [0.3, 0.4) is 0 Å². The second-order valence-corrected chi connectivity index (χ2v) is 5.12. The fourth-order valence-corrected chi connectivity index (χ4v) is 2.29. The molecule has 0 bridgehead atoms. The summed E-state index contributed by atoms with van der Waals surface area (Å²) in [5.74, 6) is 0.614. The predicted octanol–water partition coefficient (Wildman–Crippen LogP) is 3.34. The van der Waals surface area contributed by atoms with Crippen LogP contribution in [0, 0.1) is 0 Å². The average molecular weight is 335 g/mol. The van der Waals surface area contributed by atoms with Gasteiger partial charge in [0.15, 0.2) is 0 Å². The molecule has 0 radical (unpaired) electrons. The van der Waals surface area contributed by atoms with Crippen LogP contribution in [-0.2, 0) is 0 Å². The van der Waals surface area contributed by atoms with Crippen LogP contribution in [0.2, 0.25) is 0 Å². The highest BCUT2D eigenvalue weighted by Gasteiger charge is 2.14. The van der Waals surface area contributed by atoms with Crippen LogP contribution in [0.15, 0.2) is 47.2 Å². The van der Waals surface area contributed by atoms with Crippen molar-refractivity contribution in [3.63, 3.8) is 0 Å². The maximum absolute atomic E-state index is 12.2. The summed E-state index contributed by atoms with van der Waals surface area (Å²) in [5, 5.41) is 2.95. The van der Waals surface area contributed by atoms with Gasteiger partial charge in [-0.1, -0.05) is 18.2 Å². The lowest BCUT2D eigenvalue weighted by Gasteiger charge is -2.17. The Hall–Kier alpha value is -1.88. The van der Waals surface area contributed by atoms with Crippen molar-refractivity contribution >= 4 is 21.8 Å². The topological polar surface area (TPSA) is 51.2 Å². The number of nitrogens with zero attached hydrogens (tertiary/aromatic N) is 1. The summed E-state index contributed by atoms with van der Waals surface area (Å²) in [6.07, 6.45) is 1.59. The Morgan fingerprint density at radius 1 is 1.35 bits per heavy atom. The Balaban J connectivity index is 2.15. The number of nitrogens with one attached hydrogen (secondary N) is 1. The molecule has 20 heavy (non-hydrogen) atoms. The summed E-state index contributed by atoms with van der Waals surface area (Å²) in [6.45, 7) is 1.92. The molecule has 0 aliphatic rings. The number of hydrogen-bond acceptors (Lipinski definition) is 3. The number of carbonyl (C=O) groups is 1. The predicted molar refractivity (Wildman–Crippen MR) is 80.8 cm³/mol. The molecule has 1 unspecified atom stereocenters. The molecule has 1 aromatic carbocycles. The number of carbonyl (C=O) groups excluding carboxylic acids is 1. The molecule has 0 fully saturated rings. The molecule has 0 saturated heterocycles. The molecule has 1 heterocycles. The summed E-state index contributed by atoms with van der Waals surface area (Å²) in [6, 6.07) is 10.8. The standard InChI is InChI=1S/C15H15BrN2O2/c1-10(12-5-3-4-6-13(12)20-2)18-15(19)11-7-8-17-14(16)9-11/h3-10H,1-2H3,(H,18,19). The third kappa shape index (κ3) is 3.36. The smallest absolute Gasteiger partial charge is 0.251 e. The van der Waals surface area contributed by atoms with Crippen molar-refractivity contribution < 1.29 is 9.53 Å². The first-order chi connectivity index (χ1) is 9.61. The molecule has 1 atom stereocenters. The number of methoxy groups -OCH3 is 1. The van der Waals surface area contributed by atoms with E-state index < -0.39 is 0 Å². The van der Waals surface area contributed by atoms with E-state index in [0.29, 0.717) is 10.2 Å². The Kier molecular flexibility index (Phi) is 4.74. The number of ether oxygens (including phenoxy) is 1. The van der Waals surface area contributed by atoms with E-state index in [0.717, 1.165) is 11.3 Å². The van der Waals surface area contributed by atoms with Crippen molar-refractivity contribution in [1.29, 1.82) is 0 Å². The second-order valence-electron chi connectivity index (χ2n) is 4.30. The molecule has 1 aromatic heterocycles. The van der Waals surface area contributed by atoms with Crippen molar-refractivity contribution in [2.45, 2.75) is 13.0 Å². The van der Waals surface area contributed by atoms with Gasteiger partial charge in [0.05, 0.1) is 13.2 Å². The Morgan fingerprint density at radius 3 is 2.80 bits per heavy atom. The number of hydrogen-bond donors (Lipinski definition) is 1. The molecular weight excluding hydrogens is 320 g/mol. The van der Waals surface area contributed by atoms with Gasteiger partial charge in [-0.2, -0.15) is 0 Å². The van der Waals surface area contributed by atoms with E-state index in [1.54, 1.807) is 25.4 Å². The second kappa shape index (κ2) is 6.52. The van der Waals surface area contributed by atoms with Gasteiger partial charge < -0.3 is 10.1 Å². The quantitative estimate of drug-likeness (QED) is 0.872. The molecule has 1 amide bonds. The molecule has 2 rings (SSSR count). The van der Waals surface area contributed by atoms with Gasteiger partial charge in [-0.15, -0.1) is 0 Å². The van der Waals surface area contributed by atoms with Crippen molar-refractivity contribution in [3.05, 3.63) is 58.3 Å². The summed E-state index contributed by atoms with van der Waals surface area (Å²) in [5.41, 5.74) is 1.50. The minimum atomic E-state index is -0.148. The van der Waals surface area contributed by atoms with E-state index in [9.17, 15) is 4.79 Å². The fourth-order valence-electron chi connectivity index (χ4n) is 1.93. The maximum Gasteiger partial charge on any atom is 0.251 e. The van der Waals surface area contributed by atoms with Crippen molar-refractivity contribution in [2.75, 3.05) is 7.11 Å². The summed E-state index contributed by atoms with van der Waals surface area (Å²) < 4.78 is 5.94. The van der Waals surface area contributed by atoms with Gasteiger partial charge in [0, 0.05) is 17.3 Å². The van der Waals surface area contributed by atoms with Crippen molar-refractivity contribution in [3.8, 4) is 5.75 Å². The van der Waals surface area contributed by atoms with E-state index in [1.807, 2.05) is 31.2 Å². The lowest BCUT2D eigenvalue weighted by atomic mass is 10.1. The number of rotatable bonds is 4. The van der Waals surface area contributed by atoms with Crippen LogP contribution < -0.4 is 10.1 Å². The molecule has 4 nitrogen and oxygen atoms in total. The Bertz CT molecular complexity index is 616. The summed E-state index contributed by atoms with van der Waals surface area (Å²) in [4.78, 5) is 16.2. The number of aromatic nitrogens is 1. The first-order valence-corrected chi connectivity index (χ1v) is 6.96. The van der Waals surface area contributed by atoms with Crippen LogP contribution >= 0.6 is 15.9 Å². The number of halogens is 1. The largest absolute Gasteiger partial charge is 0.496 e. The highest BCUT2D eigenvalue weighted by Crippen LogP contribution is 2.24. The molecule has 0 saturated carbocycles. The minimum absolute atomic E-state index is 0.147. The highest BCUT2D eigenvalue weighted by atomic mass is 79.9. The van der Waals surface area contributed by atoms with Gasteiger partial charge >= 0.3 is 0 Å². The van der Waals surface area contributed by atoms with E-state index >= 15 is 0 Å². The lowest BCUT2D eigenvalue weighted by Crippen LogP contribution is -2.27. The fraction of sp³-hybridized carbons (Fsp3) is 0.200. The van der Waals surface area contributed by atoms with Gasteiger partial charge in [0.25, 0.3) is 5.91 Å². The van der Waals surface area contributed by atoms with E-state index in [1.165, 1.54) is 0 Å². The molecule has 0 spiro atoms. The summed E-state index contributed by atoms with van der Waals surface area (Å²) >= 11 is 3.25. The zero-order valence-corrected chi connectivity index (χ0v) is 12.8. The Morgan fingerprint density at radius 2 is 2.10 bits per heavy atom. The number of para-hydroxylation sites is 1. The third-order valence-electron chi connectivity index (χ3n) is 2.94. The van der Waals surface area contributed by atoms with Gasteiger partial charge in [0.2, 0.25) is 0 Å². The molecular formula is C15H15BrN2O2. The molecule has 1 N–H and O–H groups in total. The molecule has 104 valence electrons. The van der Waals surface area contributed by atoms with E-state index in [4.69, 9.17) is 4.74 Å². The lowest BCUT2D eigenvalue weighted by molar-refractivity contribution is 0.0939. The zero-order chi connectivity index (χ0) is 14.5. The molecule has 2 aromatic rings. The van der Waals surface area contributed by atoms with Crippen LogP contribution in [0.25, 0.3) is 0 Å². The average Bonchev–Trinajstić information content (AvgIpc) is 2.47. The summed E-state index contributed by atoms with van der Waals surface area (Å²) in [7, 11) is 1.62. The van der Waals surface area contributed by atoms with E-state index in [-0.39, 0.29) is 11.9 Å². The van der Waals surface area contributed by atoms with Gasteiger partial charge in [-0.05, 0) is 41.1 Å². The monoisotopic (exact) mass is 334 g/mol. The van der Waals surface area contributed by atoms with Crippen molar-refractivity contribution in [2.24, 2.45) is 0 Å². The number of pyridine rings is 1. The SMILES string of the molecule is COc1ccccc1C(C)NC(=O)c1ccnc(Br)c1. The van der Waals surface area contributed by atoms with Gasteiger partial charge in [-0.25, -0.2) is 4.98 Å². The zero-order valence-electron chi connectivity index (χ0n) is 11.3. The van der Waals surface area contributed by atoms with Crippen LogP contribution in [0.4, 0.5) is 0 Å². The van der Waals surface area contributed by atoms with Crippen LogP contribution in [0.1, 0.15) is 28.9 Å². The number of amides is 1. The molecule has 0 aliphatic carbocycles. The first-order valence-electron chi connectivity index (χ1n) is 6.17. The molecule has 5 heteroatoms. The minimum Gasteiger partial charge on any atom is -0.496 e. The van der Waals surface area contributed by atoms with Crippen LogP contribution in [0.5, 0.6) is 5.75 Å². The van der Waals surface area contributed by atoms with E-state index in [2.05, 4.69) is 26.2 Å².